The SMILES string of the molecule is C[C@@H]1CN(C(=O)c2cccnc2Cl)CCN1. The van der Waals surface area contributed by atoms with E-state index in [0.29, 0.717) is 24.7 Å². The first-order valence-electron chi connectivity index (χ1n) is 5.31. The van der Waals surface area contributed by atoms with Crippen molar-refractivity contribution in [2.75, 3.05) is 19.6 Å². The second-order valence-electron chi connectivity index (χ2n) is 3.95. The van der Waals surface area contributed by atoms with Crippen LogP contribution in [0.15, 0.2) is 18.3 Å². The normalized spacial score (nSPS) is 20.9. The summed E-state index contributed by atoms with van der Waals surface area (Å²) in [6.07, 6.45) is 1.58. The van der Waals surface area contributed by atoms with Gasteiger partial charge >= 0.3 is 0 Å². The third-order valence-corrected chi connectivity index (χ3v) is 2.95. The molecule has 0 spiro atoms. The van der Waals surface area contributed by atoms with Gasteiger partial charge < -0.3 is 10.2 Å². The number of carbonyl (C=O) groups excluding carboxylic acids is 1. The smallest absolute Gasteiger partial charge is 0.257 e. The van der Waals surface area contributed by atoms with E-state index in [1.54, 1.807) is 18.3 Å². The zero-order valence-electron chi connectivity index (χ0n) is 9.11. The summed E-state index contributed by atoms with van der Waals surface area (Å²) in [7, 11) is 0. The highest BCUT2D eigenvalue weighted by atomic mass is 35.5. The highest BCUT2D eigenvalue weighted by Crippen LogP contribution is 2.15. The fourth-order valence-corrected chi connectivity index (χ4v) is 2.03. The Bertz CT molecular complexity index is 397. The van der Waals surface area contributed by atoms with Crippen molar-refractivity contribution in [1.82, 2.24) is 15.2 Å². The Balaban J connectivity index is 2.16. The van der Waals surface area contributed by atoms with Crippen molar-refractivity contribution >= 4 is 17.5 Å². The predicted octanol–water partition coefficient (Wildman–Crippen LogP) is 1.17. The fraction of sp³-hybridized carbons (Fsp3) is 0.455. The van der Waals surface area contributed by atoms with Crippen molar-refractivity contribution in [3.8, 4) is 0 Å². The van der Waals surface area contributed by atoms with Gasteiger partial charge in [0.25, 0.3) is 5.91 Å². The Morgan fingerprint density at radius 3 is 3.19 bits per heavy atom. The van der Waals surface area contributed by atoms with Gasteiger partial charge in [-0.05, 0) is 19.1 Å². The van der Waals surface area contributed by atoms with E-state index in [2.05, 4.69) is 17.2 Å². The summed E-state index contributed by atoms with van der Waals surface area (Å²) in [6, 6.07) is 3.77. The van der Waals surface area contributed by atoms with Gasteiger partial charge in [0.1, 0.15) is 5.15 Å². The number of nitrogens with one attached hydrogen (secondary N) is 1. The van der Waals surface area contributed by atoms with Crippen LogP contribution in [0.4, 0.5) is 0 Å². The number of piperazine rings is 1. The third kappa shape index (κ3) is 2.33. The van der Waals surface area contributed by atoms with E-state index in [0.717, 1.165) is 6.54 Å². The van der Waals surface area contributed by atoms with Crippen molar-refractivity contribution in [2.24, 2.45) is 0 Å². The molecule has 1 atom stereocenters. The van der Waals surface area contributed by atoms with E-state index in [1.165, 1.54) is 0 Å². The molecule has 1 saturated heterocycles. The summed E-state index contributed by atoms with van der Waals surface area (Å²) in [5, 5.41) is 3.57. The molecule has 0 radical (unpaired) electrons. The van der Waals surface area contributed by atoms with Crippen LogP contribution in [0.3, 0.4) is 0 Å². The molecule has 1 N–H and O–H groups in total. The first-order chi connectivity index (χ1) is 7.68. The van der Waals surface area contributed by atoms with E-state index in [1.807, 2.05) is 4.90 Å². The Hall–Kier alpha value is -1.13. The molecule has 0 aromatic carbocycles. The number of pyridine rings is 1. The number of amides is 1. The van der Waals surface area contributed by atoms with Crippen molar-refractivity contribution in [2.45, 2.75) is 13.0 Å². The van der Waals surface area contributed by atoms with Crippen molar-refractivity contribution < 1.29 is 4.79 Å². The maximum absolute atomic E-state index is 12.1. The molecule has 5 heteroatoms. The summed E-state index contributed by atoms with van der Waals surface area (Å²) in [6.45, 7) is 4.31. The Morgan fingerprint density at radius 1 is 1.69 bits per heavy atom. The number of halogens is 1. The van der Waals surface area contributed by atoms with Gasteiger partial charge in [0.2, 0.25) is 0 Å². The topological polar surface area (TPSA) is 45.2 Å². The van der Waals surface area contributed by atoms with Gasteiger partial charge in [-0.25, -0.2) is 4.98 Å². The first kappa shape index (κ1) is 11.4. The molecule has 1 aliphatic rings. The predicted molar refractivity (Wildman–Crippen MR) is 62.6 cm³/mol. The highest BCUT2D eigenvalue weighted by molar-refractivity contribution is 6.32. The van der Waals surface area contributed by atoms with Gasteiger partial charge in [-0.3, -0.25) is 4.79 Å². The van der Waals surface area contributed by atoms with Crippen LogP contribution in [0, 0.1) is 0 Å². The number of nitrogens with zero attached hydrogens (tertiary/aromatic N) is 2. The maximum Gasteiger partial charge on any atom is 0.257 e. The van der Waals surface area contributed by atoms with Crippen molar-refractivity contribution in [3.05, 3.63) is 29.0 Å². The van der Waals surface area contributed by atoms with Crippen LogP contribution in [0.2, 0.25) is 5.15 Å². The Morgan fingerprint density at radius 2 is 2.50 bits per heavy atom. The van der Waals surface area contributed by atoms with Crippen LogP contribution in [-0.4, -0.2) is 41.5 Å². The third-order valence-electron chi connectivity index (χ3n) is 2.65. The molecule has 1 aromatic rings. The minimum absolute atomic E-state index is 0.0357. The Kier molecular flexibility index (Phi) is 3.41. The van der Waals surface area contributed by atoms with E-state index in [-0.39, 0.29) is 11.1 Å². The lowest BCUT2D eigenvalue weighted by Crippen LogP contribution is -2.51. The molecule has 4 nitrogen and oxygen atoms in total. The number of carbonyl (C=O) groups is 1. The van der Waals surface area contributed by atoms with Crippen LogP contribution >= 0.6 is 11.6 Å². The molecule has 1 aromatic heterocycles. The fourth-order valence-electron chi connectivity index (χ4n) is 1.83. The van der Waals surface area contributed by atoms with Gasteiger partial charge in [0.05, 0.1) is 5.56 Å². The molecule has 0 unspecified atom stereocenters. The molecule has 2 heterocycles. The lowest BCUT2D eigenvalue weighted by Gasteiger charge is -2.32. The molecule has 0 bridgehead atoms. The lowest BCUT2D eigenvalue weighted by molar-refractivity contribution is 0.0709. The van der Waals surface area contributed by atoms with Crippen LogP contribution in [0.5, 0.6) is 0 Å². The molecular formula is C11H14ClN3O. The summed E-state index contributed by atoms with van der Waals surface area (Å²) in [5.41, 5.74) is 0.485. The van der Waals surface area contributed by atoms with Gasteiger partial charge in [-0.15, -0.1) is 0 Å². The zero-order valence-corrected chi connectivity index (χ0v) is 9.87. The van der Waals surface area contributed by atoms with E-state index in [4.69, 9.17) is 11.6 Å². The van der Waals surface area contributed by atoms with Gasteiger partial charge in [-0.2, -0.15) is 0 Å². The molecular weight excluding hydrogens is 226 g/mol. The second kappa shape index (κ2) is 4.80. The summed E-state index contributed by atoms with van der Waals surface area (Å²) in [5.74, 6) is -0.0357. The summed E-state index contributed by atoms with van der Waals surface area (Å²) < 4.78 is 0. The quantitative estimate of drug-likeness (QED) is 0.749. The highest BCUT2D eigenvalue weighted by Gasteiger charge is 2.23. The summed E-state index contributed by atoms with van der Waals surface area (Å²) >= 11 is 5.90. The van der Waals surface area contributed by atoms with E-state index >= 15 is 0 Å². The molecule has 16 heavy (non-hydrogen) atoms. The number of rotatable bonds is 1. The first-order valence-corrected chi connectivity index (χ1v) is 5.69. The minimum Gasteiger partial charge on any atom is -0.336 e. The number of hydrogen-bond donors (Lipinski definition) is 1. The van der Waals surface area contributed by atoms with Crippen LogP contribution in [0.1, 0.15) is 17.3 Å². The molecule has 0 saturated carbocycles. The Labute approximate surface area is 99.6 Å². The van der Waals surface area contributed by atoms with Gasteiger partial charge in [0.15, 0.2) is 0 Å². The van der Waals surface area contributed by atoms with Gasteiger partial charge in [0, 0.05) is 31.9 Å². The number of hydrogen-bond acceptors (Lipinski definition) is 3. The summed E-state index contributed by atoms with van der Waals surface area (Å²) in [4.78, 5) is 17.9. The average Bonchev–Trinajstić information content (AvgIpc) is 2.29. The average molecular weight is 240 g/mol. The van der Waals surface area contributed by atoms with E-state index in [9.17, 15) is 4.79 Å². The van der Waals surface area contributed by atoms with Crippen molar-refractivity contribution in [1.29, 1.82) is 0 Å². The molecule has 1 aliphatic heterocycles. The largest absolute Gasteiger partial charge is 0.336 e. The molecule has 86 valence electrons. The lowest BCUT2D eigenvalue weighted by atomic mass is 10.2. The standard InChI is InChI=1S/C11H14ClN3O/c1-8-7-15(6-5-13-8)11(16)9-3-2-4-14-10(9)12/h2-4,8,13H,5-7H2,1H3/t8-/m1/s1. The van der Waals surface area contributed by atoms with Crippen LogP contribution in [0.25, 0.3) is 0 Å². The zero-order chi connectivity index (χ0) is 11.5. The second-order valence-corrected chi connectivity index (χ2v) is 4.31. The molecule has 1 amide bonds. The van der Waals surface area contributed by atoms with Crippen LogP contribution < -0.4 is 5.32 Å². The van der Waals surface area contributed by atoms with Gasteiger partial charge in [-0.1, -0.05) is 11.6 Å². The molecule has 0 aliphatic carbocycles. The van der Waals surface area contributed by atoms with E-state index < -0.39 is 0 Å². The monoisotopic (exact) mass is 239 g/mol. The number of aromatic nitrogens is 1. The molecule has 1 fully saturated rings. The maximum atomic E-state index is 12.1. The van der Waals surface area contributed by atoms with Crippen molar-refractivity contribution in [3.63, 3.8) is 0 Å². The minimum atomic E-state index is -0.0357. The van der Waals surface area contributed by atoms with Crippen LogP contribution in [-0.2, 0) is 0 Å². The molecule has 2 rings (SSSR count).